The average Bonchev–Trinajstić information content (AvgIpc) is 3.30. The van der Waals surface area contributed by atoms with Gasteiger partial charge in [-0.25, -0.2) is 4.39 Å². The summed E-state index contributed by atoms with van der Waals surface area (Å²) in [5.74, 6) is 1.72. The van der Waals surface area contributed by atoms with Crippen molar-refractivity contribution < 1.29 is 14.0 Å². The van der Waals surface area contributed by atoms with Crippen LogP contribution in [0, 0.1) is 29.5 Å². The number of rotatable bonds is 4. The lowest BCUT2D eigenvalue weighted by molar-refractivity contribution is -0.140. The van der Waals surface area contributed by atoms with Crippen LogP contribution in [-0.2, 0) is 16.1 Å². The molecule has 3 aliphatic rings. The smallest absolute Gasteiger partial charge is 0.225 e. The van der Waals surface area contributed by atoms with E-state index in [2.05, 4.69) is 5.32 Å². The van der Waals surface area contributed by atoms with Crippen LogP contribution < -0.4 is 5.32 Å². The van der Waals surface area contributed by atoms with Crippen LogP contribution in [0.3, 0.4) is 0 Å². The largest absolute Gasteiger partial charge is 0.352 e. The molecule has 2 aliphatic carbocycles. The Kier molecular flexibility index (Phi) is 4.96. The van der Waals surface area contributed by atoms with E-state index in [9.17, 15) is 14.0 Å². The van der Waals surface area contributed by atoms with Gasteiger partial charge in [0.15, 0.2) is 0 Å². The van der Waals surface area contributed by atoms with E-state index in [1.807, 2.05) is 4.90 Å². The lowest BCUT2D eigenvalue weighted by Gasteiger charge is -2.34. The standard InChI is InChI=1S/C21H27FN2O2/c22-18-5-2-14(3-6-18)13-23-20(25)16-7-9-24(10-8-16)21(26)19-12-15-1-4-17(19)11-15/h2-3,5-6,15-17,19H,1,4,7-13H2,(H,23,25)/t15-,17-,19-/m0/s1. The number of nitrogens with one attached hydrogen (secondary N) is 1. The molecule has 0 unspecified atom stereocenters. The molecule has 2 amide bonds. The summed E-state index contributed by atoms with van der Waals surface area (Å²) in [6.45, 7) is 1.81. The molecular weight excluding hydrogens is 331 g/mol. The van der Waals surface area contributed by atoms with E-state index in [1.165, 1.54) is 31.4 Å². The van der Waals surface area contributed by atoms with Crippen molar-refractivity contribution in [1.82, 2.24) is 10.2 Å². The van der Waals surface area contributed by atoms with Crippen molar-refractivity contribution in [2.75, 3.05) is 13.1 Å². The Morgan fingerprint density at radius 1 is 1.04 bits per heavy atom. The third-order valence-electron chi connectivity index (χ3n) is 6.61. The molecule has 1 aromatic rings. The molecule has 2 saturated carbocycles. The van der Waals surface area contributed by atoms with Crippen LogP contribution in [-0.4, -0.2) is 29.8 Å². The zero-order chi connectivity index (χ0) is 18.1. The molecule has 140 valence electrons. The van der Waals surface area contributed by atoms with Gasteiger partial charge >= 0.3 is 0 Å². The van der Waals surface area contributed by atoms with E-state index in [0.29, 0.717) is 31.5 Å². The van der Waals surface area contributed by atoms with Crippen LogP contribution in [0.15, 0.2) is 24.3 Å². The molecule has 0 spiro atoms. The molecule has 5 heteroatoms. The van der Waals surface area contributed by atoms with Gasteiger partial charge < -0.3 is 10.2 Å². The Morgan fingerprint density at radius 3 is 2.38 bits per heavy atom. The molecule has 1 saturated heterocycles. The minimum absolute atomic E-state index is 0.0282. The lowest BCUT2D eigenvalue weighted by Crippen LogP contribution is -2.45. The van der Waals surface area contributed by atoms with Crippen molar-refractivity contribution in [2.45, 2.75) is 45.1 Å². The van der Waals surface area contributed by atoms with Crippen molar-refractivity contribution >= 4 is 11.8 Å². The van der Waals surface area contributed by atoms with Crippen molar-refractivity contribution in [3.05, 3.63) is 35.6 Å². The SMILES string of the molecule is O=C(NCc1ccc(F)cc1)C1CCN(C(=O)[C@H]2C[C@H]3CC[C@H]2C3)CC1. The van der Waals surface area contributed by atoms with Gasteiger partial charge in [0.2, 0.25) is 11.8 Å². The second kappa shape index (κ2) is 7.37. The Morgan fingerprint density at radius 2 is 1.77 bits per heavy atom. The van der Waals surface area contributed by atoms with Gasteiger partial charge in [-0.2, -0.15) is 0 Å². The van der Waals surface area contributed by atoms with Crippen LogP contribution in [0.2, 0.25) is 0 Å². The van der Waals surface area contributed by atoms with Gasteiger partial charge in [0, 0.05) is 31.5 Å². The Balaban J connectivity index is 1.23. The molecule has 2 bridgehead atoms. The first-order valence-electron chi connectivity index (χ1n) is 9.91. The van der Waals surface area contributed by atoms with Crippen molar-refractivity contribution in [3.63, 3.8) is 0 Å². The Hall–Kier alpha value is -1.91. The van der Waals surface area contributed by atoms with E-state index in [1.54, 1.807) is 12.1 Å². The van der Waals surface area contributed by atoms with Gasteiger partial charge in [-0.1, -0.05) is 18.6 Å². The minimum Gasteiger partial charge on any atom is -0.352 e. The first-order valence-corrected chi connectivity index (χ1v) is 9.91. The van der Waals surface area contributed by atoms with Crippen molar-refractivity contribution in [2.24, 2.45) is 23.7 Å². The summed E-state index contributed by atoms with van der Waals surface area (Å²) in [7, 11) is 0. The summed E-state index contributed by atoms with van der Waals surface area (Å²) in [4.78, 5) is 27.2. The maximum Gasteiger partial charge on any atom is 0.225 e. The highest BCUT2D eigenvalue weighted by atomic mass is 19.1. The molecule has 1 aliphatic heterocycles. The highest BCUT2D eigenvalue weighted by Gasteiger charge is 2.44. The fourth-order valence-electron chi connectivity index (χ4n) is 5.08. The first kappa shape index (κ1) is 17.5. The van der Waals surface area contributed by atoms with Gasteiger partial charge in [0.05, 0.1) is 0 Å². The highest BCUT2D eigenvalue weighted by molar-refractivity contribution is 5.81. The maximum atomic E-state index is 12.9. The number of piperidine rings is 1. The molecule has 3 fully saturated rings. The summed E-state index contributed by atoms with van der Waals surface area (Å²) in [6.07, 6.45) is 6.35. The maximum absolute atomic E-state index is 12.9. The molecule has 1 heterocycles. The number of amides is 2. The van der Waals surface area contributed by atoms with Crippen molar-refractivity contribution in [3.8, 4) is 0 Å². The molecule has 0 radical (unpaired) electrons. The normalized spacial score (nSPS) is 28.3. The van der Waals surface area contributed by atoms with E-state index in [0.717, 1.165) is 30.7 Å². The molecule has 3 atom stereocenters. The molecule has 1 aromatic carbocycles. The van der Waals surface area contributed by atoms with Crippen LogP contribution in [0.4, 0.5) is 4.39 Å². The number of hydrogen-bond acceptors (Lipinski definition) is 2. The second-order valence-electron chi connectivity index (χ2n) is 8.23. The van der Waals surface area contributed by atoms with E-state index in [4.69, 9.17) is 0 Å². The third-order valence-corrected chi connectivity index (χ3v) is 6.61. The molecule has 0 aromatic heterocycles. The average molecular weight is 358 g/mol. The molecule has 4 rings (SSSR count). The van der Waals surface area contributed by atoms with Gasteiger partial charge in [-0.15, -0.1) is 0 Å². The quantitative estimate of drug-likeness (QED) is 0.899. The second-order valence-corrected chi connectivity index (χ2v) is 8.23. The number of halogens is 1. The fraction of sp³-hybridized carbons (Fsp3) is 0.619. The zero-order valence-electron chi connectivity index (χ0n) is 15.1. The Labute approximate surface area is 154 Å². The molecule has 1 N–H and O–H groups in total. The monoisotopic (exact) mass is 358 g/mol. The highest BCUT2D eigenvalue weighted by Crippen LogP contribution is 2.49. The third kappa shape index (κ3) is 3.62. The summed E-state index contributed by atoms with van der Waals surface area (Å²) in [5, 5.41) is 2.94. The summed E-state index contributed by atoms with van der Waals surface area (Å²) < 4.78 is 12.9. The summed E-state index contributed by atoms with van der Waals surface area (Å²) in [5.41, 5.74) is 0.892. The predicted molar refractivity (Wildman–Crippen MR) is 96.5 cm³/mol. The summed E-state index contributed by atoms with van der Waals surface area (Å²) >= 11 is 0. The van der Waals surface area contributed by atoms with Crippen LogP contribution in [0.25, 0.3) is 0 Å². The topological polar surface area (TPSA) is 49.4 Å². The number of carbonyl (C=O) groups is 2. The van der Waals surface area contributed by atoms with Gasteiger partial charge in [-0.3, -0.25) is 9.59 Å². The predicted octanol–water partition coefficient (Wildman–Crippen LogP) is 3.12. The van der Waals surface area contributed by atoms with Gasteiger partial charge in [0.1, 0.15) is 5.82 Å². The number of fused-ring (bicyclic) bond motifs is 2. The Bertz CT molecular complexity index is 667. The van der Waals surface area contributed by atoms with E-state index < -0.39 is 0 Å². The van der Waals surface area contributed by atoms with E-state index >= 15 is 0 Å². The van der Waals surface area contributed by atoms with Gasteiger partial charge in [0.25, 0.3) is 0 Å². The molecule has 4 nitrogen and oxygen atoms in total. The van der Waals surface area contributed by atoms with Crippen LogP contribution >= 0.6 is 0 Å². The number of benzene rings is 1. The van der Waals surface area contributed by atoms with Crippen LogP contribution in [0.1, 0.15) is 44.1 Å². The summed E-state index contributed by atoms with van der Waals surface area (Å²) in [6, 6.07) is 6.18. The number of carbonyl (C=O) groups excluding carboxylic acids is 2. The minimum atomic E-state index is -0.271. The fourth-order valence-corrected chi connectivity index (χ4v) is 5.08. The molecule has 26 heavy (non-hydrogen) atoms. The van der Waals surface area contributed by atoms with Crippen molar-refractivity contribution in [1.29, 1.82) is 0 Å². The number of likely N-dealkylation sites (tertiary alicyclic amines) is 1. The van der Waals surface area contributed by atoms with E-state index in [-0.39, 0.29) is 23.6 Å². The molecular formula is C21H27FN2O2. The number of hydrogen-bond donors (Lipinski definition) is 1. The van der Waals surface area contributed by atoms with Crippen LogP contribution in [0.5, 0.6) is 0 Å². The first-order chi connectivity index (χ1) is 12.6. The van der Waals surface area contributed by atoms with Gasteiger partial charge in [-0.05, 0) is 61.6 Å². The zero-order valence-corrected chi connectivity index (χ0v) is 15.1. The number of nitrogens with zero attached hydrogens (tertiary/aromatic N) is 1. The lowest BCUT2D eigenvalue weighted by atomic mass is 9.86.